The summed E-state index contributed by atoms with van der Waals surface area (Å²) in [6.45, 7) is 4.85. The largest absolute Gasteiger partial charge is 0.335 e. The van der Waals surface area contributed by atoms with Crippen LogP contribution in [0.4, 0.5) is 0 Å². The van der Waals surface area contributed by atoms with Crippen molar-refractivity contribution in [1.29, 1.82) is 0 Å². The van der Waals surface area contributed by atoms with Crippen LogP contribution in [0.2, 0.25) is 0 Å². The van der Waals surface area contributed by atoms with Crippen LogP contribution < -0.4 is 5.32 Å². The molecule has 2 aliphatic rings. The SMILES string of the molecule is CC1(C(=O)N(Cc2ccccc2)C2CC2)CCNCC1. The first-order valence-corrected chi connectivity index (χ1v) is 7.75. The molecule has 0 bridgehead atoms. The van der Waals surface area contributed by atoms with Crippen molar-refractivity contribution in [3.8, 4) is 0 Å². The third kappa shape index (κ3) is 2.88. The van der Waals surface area contributed by atoms with Gasteiger partial charge >= 0.3 is 0 Å². The second-order valence-electron chi connectivity index (χ2n) is 6.46. The van der Waals surface area contributed by atoms with Gasteiger partial charge in [0.15, 0.2) is 0 Å². The highest BCUT2D eigenvalue weighted by Gasteiger charge is 2.42. The Kier molecular flexibility index (Phi) is 3.79. The number of carbonyl (C=O) groups is 1. The summed E-state index contributed by atoms with van der Waals surface area (Å²) in [7, 11) is 0. The Morgan fingerprint density at radius 3 is 2.50 bits per heavy atom. The van der Waals surface area contributed by atoms with Gasteiger partial charge < -0.3 is 10.2 Å². The van der Waals surface area contributed by atoms with Gasteiger partial charge in [0.05, 0.1) is 0 Å². The van der Waals surface area contributed by atoms with Gasteiger partial charge in [0.2, 0.25) is 5.91 Å². The lowest BCUT2D eigenvalue weighted by Crippen LogP contribution is -2.48. The molecule has 1 amide bonds. The smallest absolute Gasteiger partial charge is 0.229 e. The Bertz CT molecular complexity index is 461. The van der Waals surface area contributed by atoms with E-state index in [2.05, 4.69) is 41.4 Å². The molecule has 1 saturated carbocycles. The molecular formula is C17H24N2O. The van der Waals surface area contributed by atoms with E-state index < -0.39 is 0 Å². The van der Waals surface area contributed by atoms with Gasteiger partial charge in [-0.2, -0.15) is 0 Å². The molecule has 1 heterocycles. The summed E-state index contributed by atoms with van der Waals surface area (Å²) in [6, 6.07) is 10.9. The fourth-order valence-corrected chi connectivity index (χ4v) is 3.07. The quantitative estimate of drug-likeness (QED) is 0.913. The number of carbonyl (C=O) groups excluding carboxylic acids is 1. The third-order valence-electron chi connectivity index (χ3n) is 4.67. The van der Waals surface area contributed by atoms with Crippen LogP contribution >= 0.6 is 0 Å². The number of nitrogens with one attached hydrogen (secondary N) is 1. The minimum Gasteiger partial charge on any atom is -0.335 e. The van der Waals surface area contributed by atoms with Crippen molar-refractivity contribution >= 4 is 5.91 Å². The monoisotopic (exact) mass is 272 g/mol. The molecule has 1 aromatic rings. The number of hydrogen-bond acceptors (Lipinski definition) is 2. The second kappa shape index (κ2) is 5.57. The molecule has 1 aromatic carbocycles. The third-order valence-corrected chi connectivity index (χ3v) is 4.67. The number of amides is 1. The molecule has 3 nitrogen and oxygen atoms in total. The van der Waals surface area contributed by atoms with Crippen LogP contribution in [-0.2, 0) is 11.3 Å². The van der Waals surface area contributed by atoms with E-state index in [-0.39, 0.29) is 5.41 Å². The van der Waals surface area contributed by atoms with E-state index in [1.54, 1.807) is 0 Å². The van der Waals surface area contributed by atoms with Crippen LogP contribution in [0.3, 0.4) is 0 Å². The van der Waals surface area contributed by atoms with Gasteiger partial charge in [0.1, 0.15) is 0 Å². The number of hydrogen-bond donors (Lipinski definition) is 1. The van der Waals surface area contributed by atoms with E-state index in [9.17, 15) is 4.79 Å². The van der Waals surface area contributed by atoms with Crippen LogP contribution in [0.15, 0.2) is 30.3 Å². The molecule has 0 unspecified atom stereocenters. The number of piperidine rings is 1. The first-order valence-electron chi connectivity index (χ1n) is 7.75. The van der Waals surface area contributed by atoms with Crippen LogP contribution in [-0.4, -0.2) is 29.9 Å². The van der Waals surface area contributed by atoms with Crippen LogP contribution in [0, 0.1) is 5.41 Å². The second-order valence-corrected chi connectivity index (χ2v) is 6.46. The Morgan fingerprint density at radius 2 is 1.90 bits per heavy atom. The molecule has 3 heteroatoms. The summed E-state index contributed by atoms with van der Waals surface area (Å²) in [6.07, 6.45) is 4.27. The molecule has 3 rings (SSSR count). The highest BCUT2D eigenvalue weighted by molar-refractivity contribution is 5.83. The first-order chi connectivity index (χ1) is 9.69. The number of rotatable bonds is 4. The van der Waals surface area contributed by atoms with Gasteiger partial charge in [-0.05, 0) is 44.3 Å². The fourth-order valence-electron chi connectivity index (χ4n) is 3.07. The molecule has 0 radical (unpaired) electrons. The summed E-state index contributed by atoms with van der Waals surface area (Å²) >= 11 is 0. The molecule has 0 spiro atoms. The molecule has 1 aliphatic carbocycles. The molecule has 1 aliphatic heterocycles. The zero-order valence-electron chi connectivity index (χ0n) is 12.3. The summed E-state index contributed by atoms with van der Waals surface area (Å²) in [5.41, 5.74) is 1.08. The van der Waals surface area contributed by atoms with Crippen molar-refractivity contribution in [2.45, 2.75) is 45.2 Å². The van der Waals surface area contributed by atoms with E-state index in [1.165, 1.54) is 18.4 Å². The standard InChI is InChI=1S/C17H24N2O/c1-17(9-11-18-12-10-17)16(20)19(15-7-8-15)13-14-5-3-2-4-6-14/h2-6,15,18H,7-13H2,1H3. The lowest BCUT2D eigenvalue weighted by molar-refractivity contribution is -0.144. The molecule has 1 N–H and O–H groups in total. The predicted molar refractivity (Wildman–Crippen MR) is 80.2 cm³/mol. The van der Waals surface area contributed by atoms with Crippen molar-refractivity contribution in [2.24, 2.45) is 5.41 Å². The Balaban J connectivity index is 1.75. The van der Waals surface area contributed by atoms with Crippen molar-refractivity contribution in [3.05, 3.63) is 35.9 Å². The Hall–Kier alpha value is -1.35. The van der Waals surface area contributed by atoms with Gasteiger partial charge in [-0.25, -0.2) is 0 Å². The average Bonchev–Trinajstić information content (AvgIpc) is 3.30. The zero-order valence-corrected chi connectivity index (χ0v) is 12.3. The van der Waals surface area contributed by atoms with Gasteiger partial charge in [0, 0.05) is 18.0 Å². The molecule has 108 valence electrons. The fraction of sp³-hybridized carbons (Fsp3) is 0.588. The molecule has 0 aromatic heterocycles. The van der Waals surface area contributed by atoms with Gasteiger partial charge in [-0.1, -0.05) is 37.3 Å². The maximum Gasteiger partial charge on any atom is 0.229 e. The highest BCUT2D eigenvalue weighted by atomic mass is 16.2. The summed E-state index contributed by atoms with van der Waals surface area (Å²) in [4.78, 5) is 15.1. The number of benzene rings is 1. The van der Waals surface area contributed by atoms with Crippen LogP contribution in [0.1, 0.15) is 38.2 Å². The Morgan fingerprint density at radius 1 is 1.25 bits per heavy atom. The lowest BCUT2D eigenvalue weighted by atomic mass is 9.79. The average molecular weight is 272 g/mol. The minimum atomic E-state index is -0.164. The Labute approximate surface area is 121 Å². The van der Waals surface area contributed by atoms with E-state index in [0.29, 0.717) is 11.9 Å². The topological polar surface area (TPSA) is 32.3 Å². The number of nitrogens with zero attached hydrogens (tertiary/aromatic N) is 1. The van der Waals surface area contributed by atoms with Crippen molar-refractivity contribution in [2.75, 3.05) is 13.1 Å². The zero-order chi connectivity index (χ0) is 14.0. The maximum atomic E-state index is 13.0. The molecular weight excluding hydrogens is 248 g/mol. The van der Waals surface area contributed by atoms with Gasteiger partial charge in [0.25, 0.3) is 0 Å². The van der Waals surface area contributed by atoms with Crippen LogP contribution in [0.25, 0.3) is 0 Å². The first kappa shape index (κ1) is 13.6. The highest BCUT2D eigenvalue weighted by Crippen LogP contribution is 2.36. The van der Waals surface area contributed by atoms with Gasteiger partial charge in [-0.3, -0.25) is 4.79 Å². The maximum absolute atomic E-state index is 13.0. The molecule has 20 heavy (non-hydrogen) atoms. The lowest BCUT2D eigenvalue weighted by Gasteiger charge is -2.37. The van der Waals surface area contributed by atoms with Crippen molar-refractivity contribution < 1.29 is 4.79 Å². The van der Waals surface area contributed by atoms with E-state index in [1.807, 2.05) is 6.07 Å². The molecule has 2 fully saturated rings. The van der Waals surface area contributed by atoms with Crippen LogP contribution in [0.5, 0.6) is 0 Å². The van der Waals surface area contributed by atoms with E-state index >= 15 is 0 Å². The predicted octanol–water partition coefficient (Wildman–Crippen LogP) is 2.57. The summed E-state index contributed by atoms with van der Waals surface area (Å²) in [5, 5.41) is 3.36. The summed E-state index contributed by atoms with van der Waals surface area (Å²) in [5.74, 6) is 0.366. The van der Waals surface area contributed by atoms with Crippen molar-refractivity contribution in [3.63, 3.8) is 0 Å². The summed E-state index contributed by atoms with van der Waals surface area (Å²) < 4.78 is 0. The molecule has 1 saturated heterocycles. The molecule has 0 atom stereocenters. The van der Waals surface area contributed by atoms with E-state index in [4.69, 9.17) is 0 Å². The normalized spacial score (nSPS) is 21.4. The van der Waals surface area contributed by atoms with Gasteiger partial charge in [-0.15, -0.1) is 0 Å². The van der Waals surface area contributed by atoms with Crippen molar-refractivity contribution in [1.82, 2.24) is 10.2 Å². The minimum absolute atomic E-state index is 0.164. The van der Waals surface area contributed by atoms with E-state index in [0.717, 1.165) is 32.5 Å².